The molecule has 7 heteroatoms. The highest BCUT2D eigenvalue weighted by Gasteiger charge is 2.16. The maximum atomic E-state index is 13.8. The van der Waals surface area contributed by atoms with Gasteiger partial charge < -0.3 is 10.3 Å². The first-order valence-corrected chi connectivity index (χ1v) is 9.08. The van der Waals surface area contributed by atoms with Crippen LogP contribution in [0.2, 0.25) is 0 Å². The lowest BCUT2D eigenvalue weighted by Gasteiger charge is -2.13. The summed E-state index contributed by atoms with van der Waals surface area (Å²) in [7, 11) is 0. The first-order valence-electron chi connectivity index (χ1n) is 9.08. The second-order valence-corrected chi connectivity index (χ2v) is 6.60. The molecule has 0 atom stereocenters. The van der Waals surface area contributed by atoms with Crippen LogP contribution in [0.4, 0.5) is 4.39 Å². The summed E-state index contributed by atoms with van der Waals surface area (Å²) >= 11 is 0. The van der Waals surface area contributed by atoms with Gasteiger partial charge in [-0.05, 0) is 38.2 Å². The van der Waals surface area contributed by atoms with E-state index in [2.05, 4.69) is 16.4 Å². The van der Waals surface area contributed by atoms with Gasteiger partial charge in [-0.15, -0.1) is 0 Å². The monoisotopic (exact) mass is 371 g/mol. The van der Waals surface area contributed by atoms with Gasteiger partial charge in [0, 0.05) is 18.3 Å². The number of nitrogens with one attached hydrogen (secondary N) is 2. The van der Waals surface area contributed by atoms with Gasteiger partial charge in [-0.3, -0.25) is 14.2 Å². The van der Waals surface area contributed by atoms with Crippen LogP contribution in [0.3, 0.4) is 0 Å². The molecular weight excluding hydrogens is 349 g/mol. The molecule has 3 rings (SSSR count). The summed E-state index contributed by atoms with van der Waals surface area (Å²) in [5.74, 6) is -1.06. The van der Waals surface area contributed by atoms with E-state index >= 15 is 0 Å². The van der Waals surface area contributed by atoms with Crippen LogP contribution in [0.1, 0.15) is 48.0 Å². The number of aromatic nitrogens is 2. The zero-order valence-electron chi connectivity index (χ0n) is 15.0. The molecule has 1 aromatic heterocycles. The predicted molar refractivity (Wildman–Crippen MR) is 100 cm³/mol. The smallest absolute Gasteiger partial charge is 0.328 e. The average Bonchev–Trinajstić information content (AvgIpc) is 2.67. The van der Waals surface area contributed by atoms with E-state index in [0.29, 0.717) is 6.54 Å². The Labute approximate surface area is 155 Å². The van der Waals surface area contributed by atoms with E-state index in [-0.39, 0.29) is 17.7 Å². The number of carbonyl (C=O) groups excluding carboxylic acids is 1. The molecule has 0 saturated carbocycles. The molecule has 2 aromatic rings. The summed E-state index contributed by atoms with van der Waals surface area (Å²) in [5, 5.41) is 2.72. The summed E-state index contributed by atoms with van der Waals surface area (Å²) in [4.78, 5) is 39.3. The second kappa shape index (κ2) is 8.62. The lowest BCUT2D eigenvalue weighted by molar-refractivity contribution is 0.0951. The van der Waals surface area contributed by atoms with Crippen molar-refractivity contribution in [2.75, 3.05) is 6.54 Å². The molecule has 1 aliphatic carbocycles. The summed E-state index contributed by atoms with van der Waals surface area (Å²) < 4.78 is 14.7. The zero-order valence-corrected chi connectivity index (χ0v) is 15.0. The highest BCUT2D eigenvalue weighted by atomic mass is 19.1. The Balaban J connectivity index is 1.73. The molecular formula is C20H22FN3O3. The van der Waals surface area contributed by atoms with Gasteiger partial charge in [0.25, 0.3) is 11.5 Å². The largest absolute Gasteiger partial charge is 0.351 e. The molecule has 27 heavy (non-hydrogen) atoms. The van der Waals surface area contributed by atoms with E-state index in [1.165, 1.54) is 36.6 Å². The molecule has 1 amide bonds. The van der Waals surface area contributed by atoms with Gasteiger partial charge in [0.1, 0.15) is 11.4 Å². The predicted octanol–water partition coefficient (Wildman–Crippen LogP) is 2.34. The molecule has 0 spiro atoms. The number of halogens is 1. The van der Waals surface area contributed by atoms with Gasteiger partial charge in [-0.25, -0.2) is 9.18 Å². The van der Waals surface area contributed by atoms with E-state index in [1.807, 2.05) is 0 Å². The van der Waals surface area contributed by atoms with E-state index in [1.54, 1.807) is 6.07 Å². The van der Waals surface area contributed by atoms with Gasteiger partial charge in [-0.1, -0.05) is 29.8 Å². The number of rotatable bonds is 6. The maximum Gasteiger partial charge on any atom is 0.328 e. The number of benzene rings is 1. The van der Waals surface area contributed by atoms with E-state index in [0.717, 1.165) is 30.0 Å². The Bertz CT molecular complexity index is 975. The molecule has 1 aliphatic rings. The Morgan fingerprint density at radius 2 is 2.04 bits per heavy atom. The maximum absolute atomic E-state index is 13.8. The number of allylic oxidation sites excluding steroid dienone is 1. The van der Waals surface area contributed by atoms with Gasteiger partial charge in [0.05, 0.1) is 6.54 Å². The zero-order chi connectivity index (χ0) is 19.2. The third-order valence-electron chi connectivity index (χ3n) is 4.71. The molecule has 142 valence electrons. The Hall–Kier alpha value is -2.96. The first kappa shape index (κ1) is 18.8. The molecule has 0 fully saturated rings. The molecule has 0 saturated heterocycles. The van der Waals surface area contributed by atoms with Crippen molar-refractivity contribution < 1.29 is 9.18 Å². The van der Waals surface area contributed by atoms with Crippen LogP contribution in [0.25, 0.3) is 0 Å². The van der Waals surface area contributed by atoms with Gasteiger partial charge in [-0.2, -0.15) is 0 Å². The van der Waals surface area contributed by atoms with Crippen molar-refractivity contribution in [1.29, 1.82) is 0 Å². The van der Waals surface area contributed by atoms with E-state index in [4.69, 9.17) is 0 Å². The van der Waals surface area contributed by atoms with Crippen molar-refractivity contribution in [2.45, 2.75) is 38.6 Å². The van der Waals surface area contributed by atoms with Gasteiger partial charge >= 0.3 is 5.69 Å². The minimum atomic E-state index is -0.739. The number of amides is 1. The highest BCUT2D eigenvalue weighted by molar-refractivity contribution is 5.93. The highest BCUT2D eigenvalue weighted by Crippen LogP contribution is 2.19. The summed E-state index contributed by atoms with van der Waals surface area (Å²) in [6.45, 7) is 0.186. The van der Waals surface area contributed by atoms with Crippen molar-refractivity contribution in [2.24, 2.45) is 0 Å². The summed E-state index contributed by atoms with van der Waals surface area (Å²) in [5.41, 5.74) is -0.0704. The van der Waals surface area contributed by atoms with Gasteiger partial charge in [0.15, 0.2) is 0 Å². The molecule has 1 heterocycles. The van der Waals surface area contributed by atoms with Crippen LogP contribution in [0, 0.1) is 5.82 Å². The van der Waals surface area contributed by atoms with Crippen molar-refractivity contribution in [1.82, 2.24) is 14.9 Å². The standard InChI is InChI=1S/C20H22FN3O3/c21-17-9-5-4-8-15(17)13-24-19(26)16(12-23-20(24)27)18(25)22-11-10-14-6-2-1-3-7-14/h4-6,8-9,12H,1-3,7,10-11,13H2,(H,22,25)(H,23,27). The van der Waals surface area contributed by atoms with Crippen molar-refractivity contribution in [3.8, 4) is 0 Å². The Morgan fingerprint density at radius 1 is 1.22 bits per heavy atom. The lowest BCUT2D eigenvalue weighted by atomic mass is 9.97. The average molecular weight is 371 g/mol. The SMILES string of the molecule is O=C(NCCC1=CCCCC1)c1c[nH]c(=O)n(Cc2ccccc2F)c1=O. The van der Waals surface area contributed by atoms with Crippen molar-refractivity contribution in [3.63, 3.8) is 0 Å². The molecule has 0 aliphatic heterocycles. The Morgan fingerprint density at radius 3 is 2.78 bits per heavy atom. The second-order valence-electron chi connectivity index (χ2n) is 6.60. The van der Waals surface area contributed by atoms with Crippen molar-refractivity contribution in [3.05, 3.63) is 79.9 Å². The molecule has 2 N–H and O–H groups in total. The lowest BCUT2D eigenvalue weighted by Crippen LogP contribution is -2.41. The third kappa shape index (κ3) is 4.61. The van der Waals surface area contributed by atoms with Gasteiger partial charge in [0.2, 0.25) is 0 Å². The first-order chi connectivity index (χ1) is 13.1. The van der Waals surface area contributed by atoms with Crippen LogP contribution < -0.4 is 16.6 Å². The van der Waals surface area contributed by atoms with Crippen LogP contribution in [-0.4, -0.2) is 22.0 Å². The Kier molecular flexibility index (Phi) is 6.01. The van der Waals surface area contributed by atoms with Crippen LogP contribution in [0.15, 0.2) is 51.7 Å². The number of hydrogen-bond acceptors (Lipinski definition) is 3. The van der Waals surface area contributed by atoms with E-state index < -0.39 is 23.0 Å². The minimum Gasteiger partial charge on any atom is -0.351 e. The summed E-state index contributed by atoms with van der Waals surface area (Å²) in [6.07, 6.45) is 8.55. The third-order valence-corrected chi connectivity index (χ3v) is 4.71. The quantitative estimate of drug-likeness (QED) is 0.765. The molecule has 6 nitrogen and oxygen atoms in total. The van der Waals surface area contributed by atoms with Crippen LogP contribution >= 0.6 is 0 Å². The number of hydrogen-bond donors (Lipinski definition) is 2. The fourth-order valence-electron chi connectivity index (χ4n) is 3.18. The minimum absolute atomic E-state index is 0.163. The summed E-state index contributed by atoms with van der Waals surface area (Å²) in [6, 6.07) is 5.89. The van der Waals surface area contributed by atoms with Crippen LogP contribution in [-0.2, 0) is 6.54 Å². The fraction of sp³-hybridized carbons (Fsp3) is 0.350. The molecule has 1 aromatic carbocycles. The number of carbonyl (C=O) groups is 1. The number of aromatic amines is 1. The normalized spacial score (nSPS) is 13.9. The molecule has 0 bridgehead atoms. The van der Waals surface area contributed by atoms with Crippen LogP contribution in [0.5, 0.6) is 0 Å². The number of H-pyrrole nitrogens is 1. The van der Waals surface area contributed by atoms with E-state index in [9.17, 15) is 18.8 Å². The fourth-order valence-corrected chi connectivity index (χ4v) is 3.18. The topological polar surface area (TPSA) is 84.0 Å². The molecule has 0 radical (unpaired) electrons. The molecule has 0 unspecified atom stereocenters. The number of nitrogens with zero attached hydrogens (tertiary/aromatic N) is 1. The van der Waals surface area contributed by atoms with Crippen molar-refractivity contribution >= 4 is 5.91 Å².